The number of hydrogen-bond acceptors (Lipinski definition) is 3. The highest BCUT2D eigenvalue weighted by atomic mass is 127. The molecule has 1 fully saturated rings. The van der Waals surface area contributed by atoms with Crippen LogP contribution in [0.15, 0.2) is 24.3 Å². The van der Waals surface area contributed by atoms with Gasteiger partial charge in [-0.05, 0) is 41.6 Å². The van der Waals surface area contributed by atoms with Crippen molar-refractivity contribution in [3.63, 3.8) is 0 Å². The van der Waals surface area contributed by atoms with Crippen LogP contribution in [0.3, 0.4) is 0 Å². The maximum absolute atomic E-state index is 12.2. The van der Waals surface area contributed by atoms with E-state index in [0.717, 1.165) is 9.32 Å². The van der Waals surface area contributed by atoms with Crippen LogP contribution in [0.25, 0.3) is 0 Å². The van der Waals surface area contributed by atoms with Gasteiger partial charge in [0.2, 0.25) is 0 Å². The normalized spacial score (nSPS) is 17.3. The minimum absolute atomic E-state index is 0.0259. The summed E-state index contributed by atoms with van der Waals surface area (Å²) in [5.41, 5.74) is 0. The summed E-state index contributed by atoms with van der Waals surface area (Å²) in [6.45, 7) is 4.32. The first-order valence-electron chi connectivity index (χ1n) is 5.96. The summed E-state index contributed by atoms with van der Waals surface area (Å²) >= 11 is 2.20. The van der Waals surface area contributed by atoms with Crippen LogP contribution in [0.2, 0.25) is 0 Å². The van der Waals surface area contributed by atoms with Crippen LogP contribution in [0, 0.1) is 3.57 Å². The maximum atomic E-state index is 12.2. The molecule has 4 nitrogen and oxygen atoms in total. The van der Waals surface area contributed by atoms with Crippen molar-refractivity contribution < 1.29 is 14.3 Å². The number of rotatable bonds is 3. The molecule has 98 valence electrons. The number of benzene rings is 1. The molecule has 1 aliphatic heterocycles. The van der Waals surface area contributed by atoms with Crippen LogP contribution >= 0.6 is 22.6 Å². The first-order valence-corrected chi connectivity index (χ1v) is 7.04. The van der Waals surface area contributed by atoms with E-state index < -0.39 is 6.10 Å². The van der Waals surface area contributed by atoms with Gasteiger partial charge in [-0.25, -0.2) is 0 Å². The molecule has 5 heteroatoms. The third-order valence-corrected chi connectivity index (χ3v) is 3.70. The predicted octanol–water partition coefficient (Wildman–Crippen LogP) is 1.92. The standard InChI is InChI=1S/C13H16INO3/c1-10(13(16)15-6-8-17-9-7-15)18-12-5-3-2-4-11(12)14/h2-5,10H,6-9H2,1H3. The van der Waals surface area contributed by atoms with E-state index in [9.17, 15) is 4.79 Å². The number of morpholine rings is 1. The predicted molar refractivity (Wildman–Crippen MR) is 76.6 cm³/mol. The fourth-order valence-corrected chi connectivity index (χ4v) is 2.34. The summed E-state index contributed by atoms with van der Waals surface area (Å²) in [5.74, 6) is 0.783. The van der Waals surface area contributed by atoms with Crippen molar-refractivity contribution in [1.82, 2.24) is 4.90 Å². The Morgan fingerprint density at radius 3 is 2.72 bits per heavy atom. The topological polar surface area (TPSA) is 38.8 Å². The van der Waals surface area contributed by atoms with Crippen molar-refractivity contribution in [3.05, 3.63) is 27.8 Å². The van der Waals surface area contributed by atoms with Crippen molar-refractivity contribution in [2.75, 3.05) is 26.3 Å². The molecule has 1 atom stereocenters. The van der Waals surface area contributed by atoms with Gasteiger partial charge in [-0.15, -0.1) is 0 Å². The summed E-state index contributed by atoms with van der Waals surface area (Å²) < 4.78 is 12.0. The molecule has 0 aromatic heterocycles. The highest BCUT2D eigenvalue weighted by Crippen LogP contribution is 2.21. The van der Waals surface area contributed by atoms with Crippen molar-refractivity contribution in [1.29, 1.82) is 0 Å². The molecule has 1 aromatic carbocycles. The van der Waals surface area contributed by atoms with Crippen LogP contribution < -0.4 is 4.74 Å². The Kier molecular flexibility index (Phi) is 4.82. The Balaban J connectivity index is 1.96. The van der Waals surface area contributed by atoms with Crippen LogP contribution in [0.5, 0.6) is 5.75 Å². The molecule has 18 heavy (non-hydrogen) atoms. The second-order valence-corrected chi connectivity index (χ2v) is 5.29. The smallest absolute Gasteiger partial charge is 0.263 e. The van der Waals surface area contributed by atoms with E-state index >= 15 is 0 Å². The summed E-state index contributed by atoms with van der Waals surface area (Å²) in [6.07, 6.45) is -0.459. The monoisotopic (exact) mass is 361 g/mol. The number of hydrogen-bond donors (Lipinski definition) is 0. The molecule has 0 radical (unpaired) electrons. The Morgan fingerprint density at radius 1 is 1.39 bits per heavy atom. The first-order chi connectivity index (χ1) is 8.68. The first kappa shape index (κ1) is 13.6. The Bertz CT molecular complexity index is 418. The molecular formula is C13H16INO3. The third-order valence-electron chi connectivity index (χ3n) is 2.81. The highest BCUT2D eigenvalue weighted by Gasteiger charge is 2.24. The third kappa shape index (κ3) is 3.35. The van der Waals surface area contributed by atoms with Gasteiger partial charge in [-0.1, -0.05) is 12.1 Å². The number of nitrogens with zero attached hydrogens (tertiary/aromatic N) is 1. The lowest BCUT2D eigenvalue weighted by Gasteiger charge is -2.29. The fraction of sp³-hybridized carbons (Fsp3) is 0.462. The largest absolute Gasteiger partial charge is 0.480 e. The van der Waals surface area contributed by atoms with E-state index in [1.54, 1.807) is 11.8 Å². The quantitative estimate of drug-likeness (QED) is 0.773. The zero-order valence-corrected chi connectivity index (χ0v) is 12.4. The Hall–Kier alpha value is -0.820. The van der Waals surface area contributed by atoms with E-state index in [1.165, 1.54) is 0 Å². The average Bonchev–Trinajstić information content (AvgIpc) is 2.41. The van der Waals surface area contributed by atoms with Crippen molar-refractivity contribution in [3.8, 4) is 5.75 Å². The summed E-state index contributed by atoms with van der Waals surface area (Å²) in [4.78, 5) is 14.0. The molecule has 0 saturated carbocycles. The van der Waals surface area contributed by atoms with Crippen molar-refractivity contribution in [2.45, 2.75) is 13.0 Å². The van der Waals surface area contributed by atoms with E-state index in [4.69, 9.17) is 9.47 Å². The van der Waals surface area contributed by atoms with E-state index in [-0.39, 0.29) is 5.91 Å². The Labute approximate surface area is 120 Å². The minimum Gasteiger partial charge on any atom is -0.480 e. The van der Waals surface area contributed by atoms with Gasteiger partial charge in [0.05, 0.1) is 16.8 Å². The van der Waals surface area contributed by atoms with Gasteiger partial charge >= 0.3 is 0 Å². The SMILES string of the molecule is CC(Oc1ccccc1I)C(=O)N1CCOCC1. The molecule has 0 bridgehead atoms. The van der Waals surface area contributed by atoms with Crippen molar-refractivity contribution in [2.24, 2.45) is 0 Å². The summed E-state index contributed by atoms with van der Waals surface area (Å²) in [7, 11) is 0. The number of carbonyl (C=O) groups is 1. The second-order valence-electron chi connectivity index (χ2n) is 4.13. The van der Waals surface area contributed by atoms with Crippen molar-refractivity contribution >= 4 is 28.5 Å². The van der Waals surface area contributed by atoms with Gasteiger partial charge in [0.1, 0.15) is 5.75 Å². The molecule has 2 rings (SSSR count). The highest BCUT2D eigenvalue weighted by molar-refractivity contribution is 14.1. The maximum Gasteiger partial charge on any atom is 0.263 e. The van der Waals surface area contributed by atoms with E-state index in [0.29, 0.717) is 26.3 Å². The van der Waals surface area contributed by atoms with Gasteiger partial charge in [0.15, 0.2) is 6.10 Å². The van der Waals surface area contributed by atoms with Gasteiger partial charge in [0, 0.05) is 13.1 Å². The molecule has 0 N–H and O–H groups in total. The second kappa shape index (κ2) is 6.38. The average molecular weight is 361 g/mol. The molecule has 0 spiro atoms. The lowest BCUT2D eigenvalue weighted by Crippen LogP contribution is -2.46. The van der Waals surface area contributed by atoms with Gasteiger partial charge in [-0.2, -0.15) is 0 Å². The number of halogens is 1. The molecular weight excluding hydrogens is 345 g/mol. The summed E-state index contributed by atoms with van der Waals surface area (Å²) in [6, 6.07) is 7.69. The number of ether oxygens (including phenoxy) is 2. The van der Waals surface area contributed by atoms with E-state index in [1.807, 2.05) is 24.3 Å². The van der Waals surface area contributed by atoms with Crippen LogP contribution in [0.4, 0.5) is 0 Å². The molecule has 1 heterocycles. The molecule has 0 aliphatic carbocycles. The summed E-state index contributed by atoms with van der Waals surface area (Å²) in [5, 5.41) is 0. The number of amides is 1. The lowest BCUT2D eigenvalue weighted by molar-refractivity contribution is -0.142. The zero-order chi connectivity index (χ0) is 13.0. The number of para-hydroxylation sites is 1. The van der Waals surface area contributed by atoms with Gasteiger partial charge < -0.3 is 14.4 Å². The fourth-order valence-electron chi connectivity index (χ4n) is 1.82. The van der Waals surface area contributed by atoms with E-state index in [2.05, 4.69) is 22.6 Å². The van der Waals surface area contributed by atoms with Crippen LogP contribution in [-0.2, 0) is 9.53 Å². The lowest BCUT2D eigenvalue weighted by atomic mass is 10.3. The molecule has 1 amide bonds. The minimum atomic E-state index is -0.459. The zero-order valence-electron chi connectivity index (χ0n) is 10.3. The van der Waals surface area contributed by atoms with Gasteiger partial charge in [0.25, 0.3) is 5.91 Å². The van der Waals surface area contributed by atoms with Crippen LogP contribution in [0.1, 0.15) is 6.92 Å². The molecule has 1 unspecified atom stereocenters. The van der Waals surface area contributed by atoms with Crippen LogP contribution in [-0.4, -0.2) is 43.2 Å². The molecule has 1 aromatic rings. The van der Waals surface area contributed by atoms with Gasteiger partial charge in [-0.3, -0.25) is 4.79 Å². The Morgan fingerprint density at radius 2 is 2.06 bits per heavy atom. The number of carbonyl (C=O) groups excluding carboxylic acids is 1. The molecule has 1 saturated heterocycles. The molecule has 1 aliphatic rings.